The average molecular weight is 389 g/mol. The molecule has 0 spiro atoms. The molecule has 0 bridgehead atoms. The third kappa shape index (κ3) is 4.40. The number of likely N-dealkylation sites (tertiary alicyclic amines) is 1. The molecule has 150 valence electrons. The van der Waals surface area contributed by atoms with Gasteiger partial charge < -0.3 is 9.80 Å². The molecule has 5 nitrogen and oxygen atoms in total. The molecule has 1 saturated heterocycles. The van der Waals surface area contributed by atoms with E-state index in [1.807, 2.05) is 64.3 Å². The van der Waals surface area contributed by atoms with Gasteiger partial charge in [0, 0.05) is 30.9 Å². The fraction of sp³-hybridized carbons (Fsp3) is 0.333. The molecule has 4 rings (SSSR count). The number of benzene rings is 2. The van der Waals surface area contributed by atoms with Crippen LogP contribution in [-0.4, -0.2) is 58.7 Å². The Bertz CT molecular complexity index is 950. The van der Waals surface area contributed by atoms with Crippen molar-refractivity contribution >= 4 is 5.91 Å². The first-order valence-corrected chi connectivity index (χ1v) is 10.2. The van der Waals surface area contributed by atoms with Crippen LogP contribution < -0.4 is 0 Å². The summed E-state index contributed by atoms with van der Waals surface area (Å²) < 4.78 is 1.89. The van der Waals surface area contributed by atoms with Crippen LogP contribution in [-0.2, 0) is 6.54 Å². The number of piperidine rings is 1. The fourth-order valence-electron chi connectivity index (χ4n) is 3.97. The molecule has 0 N–H and O–H groups in total. The Morgan fingerprint density at radius 2 is 1.76 bits per heavy atom. The predicted octanol–water partition coefficient (Wildman–Crippen LogP) is 3.76. The zero-order valence-corrected chi connectivity index (χ0v) is 17.2. The van der Waals surface area contributed by atoms with E-state index in [0.717, 1.165) is 37.2 Å². The van der Waals surface area contributed by atoms with Gasteiger partial charge in [-0.15, -0.1) is 0 Å². The number of amides is 1. The molecule has 0 saturated carbocycles. The van der Waals surface area contributed by atoms with Crippen molar-refractivity contribution in [3.05, 3.63) is 78.0 Å². The third-order valence-corrected chi connectivity index (χ3v) is 5.64. The monoisotopic (exact) mass is 388 g/mol. The molecule has 1 amide bonds. The number of likely N-dealkylation sites (N-methyl/N-ethyl adjacent to an activating group) is 1. The fourth-order valence-corrected chi connectivity index (χ4v) is 3.97. The second kappa shape index (κ2) is 8.62. The van der Waals surface area contributed by atoms with E-state index in [9.17, 15) is 4.79 Å². The molecular formula is C24H28N4O. The van der Waals surface area contributed by atoms with Crippen LogP contribution in [0.3, 0.4) is 0 Å². The van der Waals surface area contributed by atoms with Gasteiger partial charge in [-0.05, 0) is 32.5 Å². The molecular weight excluding hydrogens is 360 g/mol. The van der Waals surface area contributed by atoms with E-state index in [-0.39, 0.29) is 5.91 Å². The summed E-state index contributed by atoms with van der Waals surface area (Å²) in [5.74, 6) is 0.0784. The van der Waals surface area contributed by atoms with Gasteiger partial charge in [0.15, 0.2) is 0 Å². The van der Waals surface area contributed by atoms with Crippen molar-refractivity contribution in [2.24, 2.45) is 0 Å². The number of hydrogen-bond donors (Lipinski definition) is 0. The molecule has 1 aliphatic rings. The molecule has 1 aromatic heterocycles. The van der Waals surface area contributed by atoms with Crippen LogP contribution in [0.4, 0.5) is 0 Å². The van der Waals surface area contributed by atoms with Gasteiger partial charge in [0.2, 0.25) is 0 Å². The smallest absolute Gasteiger partial charge is 0.257 e. The Hall–Kier alpha value is -2.92. The minimum Gasteiger partial charge on any atom is -0.337 e. The van der Waals surface area contributed by atoms with Gasteiger partial charge in [-0.2, -0.15) is 5.10 Å². The topological polar surface area (TPSA) is 41.4 Å². The first-order valence-electron chi connectivity index (χ1n) is 10.2. The number of carbonyl (C=O) groups excluding carboxylic acids is 1. The Balaban J connectivity index is 1.66. The summed E-state index contributed by atoms with van der Waals surface area (Å²) in [5, 5.41) is 4.80. The lowest BCUT2D eigenvalue weighted by atomic mass is 10.0. The molecule has 1 unspecified atom stereocenters. The highest BCUT2D eigenvalue weighted by molar-refractivity contribution is 5.99. The van der Waals surface area contributed by atoms with Gasteiger partial charge in [-0.3, -0.25) is 9.48 Å². The van der Waals surface area contributed by atoms with Gasteiger partial charge in [-0.1, -0.05) is 60.7 Å². The lowest BCUT2D eigenvalue weighted by molar-refractivity contribution is 0.0636. The van der Waals surface area contributed by atoms with Crippen molar-refractivity contribution in [1.82, 2.24) is 19.6 Å². The standard InChI is InChI=1S/C24H28N4O/c1-26(2)21-14-9-15-27(17-21)24(29)22-18-28(16-19-10-5-3-6-11-19)25-23(22)20-12-7-4-8-13-20/h3-8,10-13,18,21H,9,14-17H2,1-2H3. The van der Waals surface area contributed by atoms with E-state index >= 15 is 0 Å². The third-order valence-electron chi connectivity index (χ3n) is 5.64. The van der Waals surface area contributed by atoms with Crippen molar-refractivity contribution in [3.63, 3.8) is 0 Å². The van der Waals surface area contributed by atoms with Gasteiger partial charge >= 0.3 is 0 Å². The second-order valence-electron chi connectivity index (χ2n) is 7.95. The highest BCUT2D eigenvalue weighted by atomic mass is 16.2. The molecule has 1 fully saturated rings. The van der Waals surface area contributed by atoms with Crippen LogP contribution in [0.15, 0.2) is 66.9 Å². The van der Waals surface area contributed by atoms with Crippen molar-refractivity contribution in [3.8, 4) is 11.3 Å². The van der Waals surface area contributed by atoms with Crippen LogP contribution in [0.5, 0.6) is 0 Å². The zero-order valence-electron chi connectivity index (χ0n) is 17.2. The van der Waals surface area contributed by atoms with Crippen molar-refractivity contribution in [2.45, 2.75) is 25.4 Å². The summed E-state index contributed by atoms with van der Waals surface area (Å²) in [6.07, 6.45) is 4.08. The summed E-state index contributed by atoms with van der Waals surface area (Å²) in [6, 6.07) is 20.6. The van der Waals surface area contributed by atoms with E-state index in [1.165, 1.54) is 5.56 Å². The van der Waals surface area contributed by atoms with E-state index in [0.29, 0.717) is 18.2 Å². The Morgan fingerprint density at radius 1 is 1.07 bits per heavy atom. The van der Waals surface area contributed by atoms with Gasteiger partial charge in [0.1, 0.15) is 5.69 Å². The number of rotatable bonds is 5. The molecule has 2 heterocycles. The molecule has 0 aliphatic carbocycles. The summed E-state index contributed by atoms with van der Waals surface area (Å²) in [6.45, 7) is 2.22. The maximum Gasteiger partial charge on any atom is 0.257 e. The normalized spacial score (nSPS) is 16.9. The first kappa shape index (κ1) is 19.4. The first-order chi connectivity index (χ1) is 14.1. The Morgan fingerprint density at radius 3 is 2.45 bits per heavy atom. The quantitative estimate of drug-likeness (QED) is 0.668. The minimum atomic E-state index is 0.0784. The average Bonchev–Trinajstić information content (AvgIpc) is 3.18. The molecule has 5 heteroatoms. The number of carbonyl (C=O) groups is 1. The van der Waals surface area contributed by atoms with Crippen LogP contribution >= 0.6 is 0 Å². The van der Waals surface area contributed by atoms with Crippen molar-refractivity contribution < 1.29 is 4.79 Å². The van der Waals surface area contributed by atoms with Crippen LogP contribution in [0.2, 0.25) is 0 Å². The molecule has 1 atom stereocenters. The maximum atomic E-state index is 13.5. The molecule has 3 aromatic rings. The number of hydrogen-bond acceptors (Lipinski definition) is 3. The van der Waals surface area contributed by atoms with E-state index in [2.05, 4.69) is 31.1 Å². The van der Waals surface area contributed by atoms with Crippen molar-refractivity contribution in [2.75, 3.05) is 27.2 Å². The van der Waals surface area contributed by atoms with Crippen LogP contribution in [0, 0.1) is 0 Å². The maximum absolute atomic E-state index is 13.5. The second-order valence-corrected chi connectivity index (χ2v) is 7.95. The Kier molecular flexibility index (Phi) is 5.76. The van der Waals surface area contributed by atoms with Gasteiger partial charge in [0.05, 0.1) is 12.1 Å². The summed E-state index contributed by atoms with van der Waals surface area (Å²) in [5.41, 5.74) is 3.59. The summed E-state index contributed by atoms with van der Waals surface area (Å²) in [4.78, 5) is 17.7. The number of aromatic nitrogens is 2. The lowest BCUT2D eigenvalue weighted by Crippen LogP contribution is -2.47. The zero-order chi connectivity index (χ0) is 20.2. The largest absolute Gasteiger partial charge is 0.337 e. The minimum absolute atomic E-state index is 0.0784. The van der Waals surface area contributed by atoms with Crippen molar-refractivity contribution in [1.29, 1.82) is 0 Å². The Labute approximate surface area is 172 Å². The number of nitrogens with zero attached hydrogens (tertiary/aromatic N) is 4. The SMILES string of the molecule is CN(C)C1CCCN(C(=O)c2cn(Cc3ccccc3)nc2-c2ccccc2)C1. The van der Waals surface area contributed by atoms with E-state index in [1.54, 1.807) is 0 Å². The van der Waals surface area contributed by atoms with E-state index < -0.39 is 0 Å². The van der Waals surface area contributed by atoms with Crippen LogP contribution in [0.25, 0.3) is 11.3 Å². The summed E-state index contributed by atoms with van der Waals surface area (Å²) >= 11 is 0. The van der Waals surface area contributed by atoms with Crippen LogP contribution in [0.1, 0.15) is 28.8 Å². The molecule has 29 heavy (non-hydrogen) atoms. The van der Waals surface area contributed by atoms with Gasteiger partial charge in [0.25, 0.3) is 5.91 Å². The van der Waals surface area contributed by atoms with Gasteiger partial charge in [-0.25, -0.2) is 0 Å². The predicted molar refractivity (Wildman–Crippen MR) is 116 cm³/mol. The highest BCUT2D eigenvalue weighted by Crippen LogP contribution is 2.25. The van der Waals surface area contributed by atoms with E-state index in [4.69, 9.17) is 5.10 Å². The molecule has 0 radical (unpaired) electrons. The summed E-state index contributed by atoms with van der Waals surface area (Å²) in [7, 11) is 4.18. The molecule has 1 aliphatic heterocycles. The molecule has 2 aromatic carbocycles. The lowest BCUT2D eigenvalue weighted by Gasteiger charge is -2.36. The highest BCUT2D eigenvalue weighted by Gasteiger charge is 2.28.